The highest BCUT2D eigenvalue weighted by atomic mass is 15.1. The summed E-state index contributed by atoms with van der Waals surface area (Å²) in [5.41, 5.74) is 0. The third-order valence-electron chi connectivity index (χ3n) is 10.6. The predicted molar refractivity (Wildman–Crippen MR) is 207 cm³/mol. The van der Waals surface area contributed by atoms with E-state index >= 15 is 0 Å². The predicted octanol–water partition coefficient (Wildman–Crippen LogP) is 15.0. The van der Waals surface area contributed by atoms with E-state index in [2.05, 4.69) is 42.3 Å². The van der Waals surface area contributed by atoms with Gasteiger partial charge < -0.3 is 0 Å². The molecule has 0 radical (unpaired) electrons. The van der Waals surface area contributed by atoms with Crippen LogP contribution in [0.1, 0.15) is 251 Å². The van der Waals surface area contributed by atoms with Crippen LogP contribution in [0.15, 0.2) is 12.4 Å². The topological polar surface area (TPSA) is 8.81 Å². The summed E-state index contributed by atoms with van der Waals surface area (Å²) in [4.78, 5) is 0. The molecule has 2 nitrogen and oxygen atoms in total. The Balaban J connectivity index is 2.15. The van der Waals surface area contributed by atoms with Crippen molar-refractivity contribution in [1.29, 1.82) is 0 Å². The second kappa shape index (κ2) is 35.5. The number of aryl methyl sites for hydroxylation is 2. The highest BCUT2D eigenvalue weighted by molar-refractivity contribution is 4.84. The molecule has 272 valence electrons. The van der Waals surface area contributed by atoms with Crippen molar-refractivity contribution in [1.82, 2.24) is 4.57 Å². The second-order valence-electron chi connectivity index (χ2n) is 15.2. The summed E-state index contributed by atoms with van der Waals surface area (Å²) < 4.78 is 5.26. The van der Waals surface area contributed by atoms with Crippen LogP contribution in [0.2, 0.25) is 0 Å². The van der Waals surface area contributed by atoms with Gasteiger partial charge in [-0.2, -0.15) is 0 Å². The average Bonchev–Trinajstić information content (AvgIpc) is 3.45. The minimum Gasteiger partial charge on any atom is -0.234 e. The Hall–Kier alpha value is -0.790. The van der Waals surface area contributed by atoms with E-state index in [4.69, 9.17) is 0 Å². The van der Waals surface area contributed by atoms with Gasteiger partial charge in [0.05, 0.1) is 13.1 Å². The Labute approximate surface area is 291 Å². The molecule has 46 heavy (non-hydrogen) atoms. The number of hydrogen-bond donors (Lipinski definition) is 0. The van der Waals surface area contributed by atoms with Crippen LogP contribution in [0.25, 0.3) is 0 Å². The van der Waals surface area contributed by atoms with Crippen molar-refractivity contribution in [3.8, 4) is 0 Å². The fourth-order valence-corrected chi connectivity index (χ4v) is 7.39. The van der Waals surface area contributed by atoms with Gasteiger partial charge >= 0.3 is 0 Å². The van der Waals surface area contributed by atoms with E-state index in [0.717, 1.165) is 0 Å². The van der Waals surface area contributed by atoms with Gasteiger partial charge in [-0.05, 0) is 32.1 Å². The first-order chi connectivity index (χ1) is 22.8. The van der Waals surface area contributed by atoms with Gasteiger partial charge in [0.25, 0.3) is 5.82 Å². The molecule has 1 aromatic heterocycles. The zero-order valence-electron chi connectivity index (χ0n) is 32.4. The van der Waals surface area contributed by atoms with E-state index in [1.165, 1.54) is 244 Å². The lowest BCUT2D eigenvalue weighted by molar-refractivity contribution is -0.704. The fourth-order valence-electron chi connectivity index (χ4n) is 7.39. The Kier molecular flexibility index (Phi) is 33.4. The lowest BCUT2D eigenvalue weighted by Gasteiger charge is -2.07. The molecular weight excluding hydrogens is 556 g/mol. The summed E-state index contributed by atoms with van der Waals surface area (Å²) in [6.45, 7) is 9.41. The largest absolute Gasteiger partial charge is 0.256 e. The van der Waals surface area contributed by atoms with E-state index in [9.17, 15) is 0 Å². The maximum absolute atomic E-state index is 2.63. The molecule has 0 aliphatic heterocycles. The van der Waals surface area contributed by atoms with Crippen LogP contribution in [-0.2, 0) is 19.5 Å². The number of aromatic nitrogens is 2. The molecule has 1 rings (SSSR count). The molecule has 0 aliphatic carbocycles. The summed E-state index contributed by atoms with van der Waals surface area (Å²) in [6.07, 6.45) is 56.4. The van der Waals surface area contributed by atoms with Crippen LogP contribution < -0.4 is 4.57 Å². The van der Waals surface area contributed by atoms with Crippen LogP contribution in [0.3, 0.4) is 0 Å². The van der Waals surface area contributed by atoms with Crippen molar-refractivity contribution in [3.63, 3.8) is 0 Å². The fraction of sp³-hybridized carbons (Fsp3) is 0.932. The zero-order valence-corrected chi connectivity index (χ0v) is 32.4. The van der Waals surface area contributed by atoms with Crippen molar-refractivity contribution in [2.24, 2.45) is 0 Å². The van der Waals surface area contributed by atoms with E-state index in [0.29, 0.717) is 0 Å². The normalized spacial score (nSPS) is 11.6. The first kappa shape index (κ1) is 43.2. The first-order valence-electron chi connectivity index (χ1n) is 21.9. The molecule has 0 aliphatic rings. The van der Waals surface area contributed by atoms with Crippen LogP contribution in [0.5, 0.6) is 0 Å². The molecule has 0 bridgehead atoms. The van der Waals surface area contributed by atoms with Gasteiger partial charge in [-0.25, -0.2) is 9.13 Å². The van der Waals surface area contributed by atoms with Crippen LogP contribution in [-0.4, -0.2) is 4.57 Å². The summed E-state index contributed by atoms with van der Waals surface area (Å²) in [5, 5.41) is 0. The lowest BCUT2D eigenvalue weighted by Crippen LogP contribution is -2.37. The highest BCUT2D eigenvalue weighted by Gasteiger charge is 2.16. The molecule has 0 saturated carbocycles. The summed E-state index contributed by atoms with van der Waals surface area (Å²) in [5.74, 6) is 1.62. The van der Waals surface area contributed by atoms with Crippen molar-refractivity contribution in [2.75, 3.05) is 0 Å². The number of rotatable bonds is 38. The van der Waals surface area contributed by atoms with Crippen LogP contribution in [0.4, 0.5) is 0 Å². The Morgan fingerprint density at radius 1 is 0.370 bits per heavy atom. The van der Waals surface area contributed by atoms with Crippen LogP contribution >= 0.6 is 0 Å². The number of imidazole rings is 1. The SMILES string of the molecule is CCCCCCCCCCCCCCCCCn1cc[n+](CCCCCCCCCCCCCCCCC)c1CCCCCCC. The van der Waals surface area contributed by atoms with Crippen LogP contribution in [0, 0.1) is 0 Å². The number of nitrogens with zero attached hydrogens (tertiary/aromatic N) is 2. The van der Waals surface area contributed by atoms with E-state index in [1.54, 1.807) is 5.82 Å². The van der Waals surface area contributed by atoms with Gasteiger partial charge in [0.2, 0.25) is 0 Å². The molecule has 0 N–H and O–H groups in total. The quantitative estimate of drug-likeness (QED) is 0.0501. The summed E-state index contributed by atoms with van der Waals surface area (Å²) in [6, 6.07) is 0. The molecule has 0 unspecified atom stereocenters. The second-order valence-corrected chi connectivity index (χ2v) is 15.2. The van der Waals surface area contributed by atoms with Gasteiger partial charge in [-0.15, -0.1) is 0 Å². The minimum absolute atomic E-state index is 1.23. The molecule has 1 aromatic rings. The molecule has 2 heteroatoms. The van der Waals surface area contributed by atoms with Crippen molar-refractivity contribution >= 4 is 0 Å². The molecule has 0 saturated heterocycles. The maximum Gasteiger partial charge on any atom is 0.256 e. The van der Waals surface area contributed by atoms with Gasteiger partial charge in [0.1, 0.15) is 12.4 Å². The molecule has 1 heterocycles. The molecular formula is C44H87N2+. The first-order valence-corrected chi connectivity index (χ1v) is 21.9. The standard InChI is InChI=1S/C44H87N2/c1-4-7-10-13-15-17-19-21-23-25-27-29-31-34-37-40-45-42-43-46(44(45)39-36-33-12-9-6-3)41-38-35-32-30-28-26-24-22-20-18-16-14-11-8-5-2/h42-43H,4-41H2,1-3H3/q+1. The molecule has 0 aromatic carbocycles. The number of unbranched alkanes of at least 4 members (excludes halogenated alkanes) is 32. The van der Waals surface area contributed by atoms with Crippen molar-refractivity contribution in [2.45, 2.75) is 265 Å². The Morgan fingerprint density at radius 2 is 0.674 bits per heavy atom. The van der Waals surface area contributed by atoms with Gasteiger partial charge in [0.15, 0.2) is 0 Å². The molecule has 0 atom stereocenters. The smallest absolute Gasteiger partial charge is 0.234 e. The third kappa shape index (κ3) is 27.2. The Morgan fingerprint density at radius 3 is 1.04 bits per heavy atom. The monoisotopic (exact) mass is 644 g/mol. The summed E-state index contributed by atoms with van der Waals surface area (Å²) >= 11 is 0. The molecule has 0 spiro atoms. The van der Waals surface area contributed by atoms with E-state index < -0.39 is 0 Å². The van der Waals surface area contributed by atoms with E-state index in [-0.39, 0.29) is 0 Å². The maximum atomic E-state index is 2.63. The average molecular weight is 644 g/mol. The summed E-state index contributed by atoms with van der Waals surface area (Å²) in [7, 11) is 0. The molecule has 0 fully saturated rings. The number of hydrogen-bond acceptors (Lipinski definition) is 0. The zero-order chi connectivity index (χ0) is 33.0. The third-order valence-corrected chi connectivity index (χ3v) is 10.6. The van der Waals surface area contributed by atoms with Gasteiger partial charge in [0, 0.05) is 6.42 Å². The van der Waals surface area contributed by atoms with Gasteiger partial charge in [-0.3, -0.25) is 0 Å². The highest BCUT2D eigenvalue weighted by Crippen LogP contribution is 2.16. The minimum atomic E-state index is 1.23. The van der Waals surface area contributed by atoms with E-state index in [1.807, 2.05) is 0 Å². The Bertz CT molecular complexity index is 655. The van der Waals surface area contributed by atoms with Crippen molar-refractivity contribution in [3.05, 3.63) is 18.2 Å². The lowest BCUT2D eigenvalue weighted by atomic mass is 10.0. The van der Waals surface area contributed by atoms with Crippen molar-refractivity contribution < 1.29 is 4.57 Å². The van der Waals surface area contributed by atoms with Gasteiger partial charge in [-0.1, -0.05) is 213 Å². The molecule has 0 amide bonds.